The van der Waals surface area contributed by atoms with Crippen molar-refractivity contribution < 1.29 is 14.3 Å². The van der Waals surface area contributed by atoms with Gasteiger partial charge in [-0.25, -0.2) is 4.79 Å². The van der Waals surface area contributed by atoms with Crippen molar-refractivity contribution in [1.29, 1.82) is 0 Å². The van der Waals surface area contributed by atoms with E-state index in [0.29, 0.717) is 36.9 Å². The van der Waals surface area contributed by atoms with Gasteiger partial charge in [0.05, 0.1) is 0 Å². The molecule has 4 atom stereocenters. The maximum atomic E-state index is 13.2. The largest absolute Gasteiger partial charge is 0.445 e. The van der Waals surface area contributed by atoms with Gasteiger partial charge in [0.2, 0.25) is 5.91 Å². The molecule has 0 bridgehead atoms. The monoisotopic (exact) mass is 429 g/mol. The molecule has 0 spiro atoms. The van der Waals surface area contributed by atoms with E-state index >= 15 is 0 Å². The molecule has 31 heavy (non-hydrogen) atoms. The quantitative estimate of drug-likeness (QED) is 0.710. The first kappa shape index (κ1) is 23.6. The van der Waals surface area contributed by atoms with E-state index in [2.05, 4.69) is 45.0 Å². The number of nitrogens with one attached hydrogen (secondary N) is 1. The summed E-state index contributed by atoms with van der Waals surface area (Å²) < 4.78 is 5.31. The first-order valence-corrected chi connectivity index (χ1v) is 11.8. The van der Waals surface area contributed by atoms with E-state index in [9.17, 15) is 9.59 Å². The zero-order valence-electron chi connectivity index (χ0n) is 19.7. The molecule has 6 heteroatoms. The maximum Gasteiger partial charge on any atom is 0.408 e. The molecule has 1 heterocycles. The van der Waals surface area contributed by atoms with Gasteiger partial charge in [-0.2, -0.15) is 0 Å². The lowest BCUT2D eigenvalue weighted by Crippen LogP contribution is -2.52. The summed E-state index contributed by atoms with van der Waals surface area (Å²) in [6.07, 6.45) is 3.39. The Morgan fingerprint density at radius 1 is 1.16 bits per heavy atom. The fourth-order valence-electron chi connectivity index (χ4n) is 5.13. The first-order chi connectivity index (χ1) is 14.8. The summed E-state index contributed by atoms with van der Waals surface area (Å²) >= 11 is 0. The summed E-state index contributed by atoms with van der Waals surface area (Å²) in [5, 5.41) is 2.79. The van der Waals surface area contributed by atoms with Crippen LogP contribution in [0.5, 0.6) is 0 Å². The number of hydrogen-bond acceptors (Lipinski definition) is 4. The van der Waals surface area contributed by atoms with Crippen molar-refractivity contribution in [3.63, 3.8) is 0 Å². The molecule has 0 radical (unpaired) electrons. The van der Waals surface area contributed by atoms with Crippen molar-refractivity contribution in [1.82, 2.24) is 15.1 Å². The number of amides is 2. The molecule has 2 aliphatic rings. The number of hydrogen-bond donors (Lipinski definition) is 1. The summed E-state index contributed by atoms with van der Waals surface area (Å²) in [5.41, 5.74) is 0.930. The second kappa shape index (κ2) is 10.5. The lowest BCUT2D eigenvalue weighted by Gasteiger charge is -2.46. The molecular weight excluding hydrogens is 390 g/mol. The summed E-state index contributed by atoms with van der Waals surface area (Å²) in [5.74, 6) is 1.04. The van der Waals surface area contributed by atoms with Crippen LogP contribution in [0.25, 0.3) is 0 Å². The highest BCUT2D eigenvalue weighted by Crippen LogP contribution is 2.37. The molecule has 3 rings (SSSR count). The molecule has 1 aliphatic heterocycles. The Labute approximate surface area is 187 Å². The summed E-state index contributed by atoms with van der Waals surface area (Å²) in [7, 11) is 2.22. The van der Waals surface area contributed by atoms with Crippen LogP contribution in [-0.2, 0) is 16.1 Å². The number of alkyl carbamates (subject to hydrolysis) is 1. The van der Waals surface area contributed by atoms with Crippen molar-refractivity contribution in [2.45, 2.75) is 84.2 Å². The number of carbonyl (C=O) groups excluding carboxylic acids is 2. The van der Waals surface area contributed by atoms with Crippen LogP contribution in [0.3, 0.4) is 0 Å². The van der Waals surface area contributed by atoms with E-state index in [-0.39, 0.29) is 18.6 Å². The third-order valence-electron chi connectivity index (χ3n) is 7.23. The highest BCUT2D eigenvalue weighted by molar-refractivity contribution is 5.87. The molecule has 1 saturated heterocycles. The molecule has 2 fully saturated rings. The molecule has 1 unspecified atom stereocenters. The second-order valence-corrected chi connectivity index (χ2v) is 9.78. The highest BCUT2D eigenvalue weighted by atomic mass is 16.5. The maximum absolute atomic E-state index is 13.2. The van der Waals surface area contributed by atoms with Crippen LogP contribution >= 0.6 is 0 Å². The Morgan fingerprint density at radius 3 is 2.52 bits per heavy atom. The van der Waals surface area contributed by atoms with Gasteiger partial charge in [-0.3, -0.25) is 4.79 Å². The molecule has 0 aromatic heterocycles. The van der Waals surface area contributed by atoms with E-state index in [1.807, 2.05) is 35.2 Å². The van der Waals surface area contributed by atoms with Crippen LogP contribution < -0.4 is 5.32 Å². The van der Waals surface area contributed by atoms with Crippen molar-refractivity contribution in [2.75, 3.05) is 13.6 Å². The fourth-order valence-corrected chi connectivity index (χ4v) is 5.13. The molecule has 1 saturated carbocycles. The van der Waals surface area contributed by atoms with Crippen molar-refractivity contribution in [3.8, 4) is 0 Å². The molecule has 1 aliphatic carbocycles. The molecule has 1 aromatic rings. The Balaban J connectivity index is 1.56. The van der Waals surface area contributed by atoms with Crippen molar-refractivity contribution >= 4 is 12.0 Å². The predicted molar refractivity (Wildman–Crippen MR) is 123 cm³/mol. The minimum absolute atomic E-state index is 0.0444. The number of rotatable bonds is 7. The van der Waals surface area contributed by atoms with Crippen molar-refractivity contribution in [3.05, 3.63) is 35.9 Å². The minimum Gasteiger partial charge on any atom is -0.445 e. The number of likely N-dealkylation sites (tertiary alicyclic amines) is 1. The van der Waals surface area contributed by atoms with Crippen LogP contribution in [0.1, 0.15) is 58.9 Å². The minimum atomic E-state index is -0.522. The van der Waals surface area contributed by atoms with Gasteiger partial charge < -0.3 is 19.9 Å². The zero-order valence-corrected chi connectivity index (χ0v) is 19.7. The number of nitrogens with zero attached hydrogens (tertiary/aromatic N) is 2. The molecule has 172 valence electrons. The van der Waals surface area contributed by atoms with Gasteiger partial charge in [0.1, 0.15) is 12.6 Å². The molecule has 1 aromatic carbocycles. The Bertz CT molecular complexity index is 737. The van der Waals surface area contributed by atoms with Gasteiger partial charge >= 0.3 is 6.09 Å². The summed E-state index contributed by atoms with van der Waals surface area (Å²) in [6, 6.07) is 10.4. The topological polar surface area (TPSA) is 61.9 Å². The Hall–Kier alpha value is -2.08. The third kappa shape index (κ3) is 5.79. The molecular formula is C25H39N3O3. The normalized spacial score (nSPS) is 26.7. The van der Waals surface area contributed by atoms with E-state index in [1.165, 1.54) is 0 Å². The number of carbonyl (C=O) groups is 2. The van der Waals surface area contributed by atoms with Gasteiger partial charge in [-0.1, -0.05) is 44.2 Å². The van der Waals surface area contributed by atoms with Gasteiger partial charge in [-0.15, -0.1) is 0 Å². The Kier molecular flexibility index (Phi) is 7.98. The SMILES string of the molecule is CC(C)[C@@H]1CC(N(C)C(C)C)CC[C@@H]1N1CC[C@H](NC(=O)OCc2ccccc2)C1=O. The zero-order chi connectivity index (χ0) is 22.5. The molecule has 1 N–H and O–H groups in total. The standard InChI is InChI=1S/C25H39N3O3/c1-17(2)21-15-20(27(5)18(3)4)11-12-23(21)28-14-13-22(24(28)29)26-25(30)31-16-19-9-7-6-8-10-19/h6-10,17-18,20-23H,11-16H2,1-5H3,(H,26,30)/t20?,21-,22-,23-/m0/s1. The molecule has 2 amide bonds. The second-order valence-electron chi connectivity index (χ2n) is 9.78. The van der Waals surface area contributed by atoms with E-state index in [4.69, 9.17) is 4.74 Å². The average molecular weight is 430 g/mol. The van der Waals surface area contributed by atoms with E-state index < -0.39 is 12.1 Å². The predicted octanol–water partition coefficient (Wildman–Crippen LogP) is 4.05. The van der Waals surface area contributed by atoms with Crippen LogP contribution in [0, 0.1) is 11.8 Å². The fraction of sp³-hybridized carbons (Fsp3) is 0.680. The average Bonchev–Trinajstić information content (AvgIpc) is 3.11. The van der Waals surface area contributed by atoms with Crippen molar-refractivity contribution in [2.24, 2.45) is 11.8 Å². The van der Waals surface area contributed by atoms with E-state index in [0.717, 1.165) is 24.8 Å². The first-order valence-electron chi connectivity index (χ1n) is 11.8. The lowest BCUT2D eigenvalue weighted by molar-refractivity contribution is -0.134. The van der Waals surface area contributed by atoms with Crippen LogP contribution in [0.15, 0.2) is 30.3 Å². The van der Waals surface area contributed by atoms with Crippen LogP contribution in [-0.4, -0.2) is 59.6 Å². The van der Waals surface area contributed by atoms with Gasteiger partial charge in [0, 0.05) is 24.7 Å². The highest BCUT2D eigenvalue weighted by Gasteiger charge is 2.43. The lowest BCUT2D eigenvalue weighted by atomic mass is 9.74. The van der Waals surface area contributed by atoms with Gasteiger partial charge in [0.15, 0.2) is 0 Å². The molecule has 6 nitrogen and oxygen atoms in total. The number of ether oxygens (including phenoxy) is 1. The van der Waals surface area contributed by atoms with Gasteiger partial charge in [0.25, 0.3) is 0 Å². The number of benzene rings is 1. The van der Waals surface area contributed by atoms with E-state index in [1.54, 1.807) is 0 Å². The Morgan fingerprint density at radius 2 is 1.87 bits per heavy atom. The van der Waals surface area contributed by atoms with Crippen LogP contribution in [0.4, 0.5) is 4.79 Å². The smallest absolute Gasteiger partial charge is 0.408 e. The third-order valence-corrected chi connectivity index (χ3v) is 7.23. The van der Waals surface area contributed by atoms with Crippen LogP contribution in [0.2, 0.25) is 0 Å². The summed E-state index contributed by atoms with van der Waals surface area (Å²) in [6.45, 7) is 9.95. The summed E-state index contributed by atoms with van der Waals surface area (Å²) in [4.78, 5) is 29.9. The van der Waals surface area contributed by atoms with Gasteiger partial charge in [-0.05, 0) is 64.0 Å².